The number of carbonyl (C=O) groups is 1. The summed E-state index contributed by atoms with van der Waals surface area (Å²) in [7, 11) is 0. The van der Waals surface area contributed by atoms with Crippen molar-refractivity contribution >= 4 is 23.5 Å². The third-order valence-corrected chi connectivity index (χ3v) is 4.63. The van der Waals surface area contributed by atoms with Crippen LogP contribution in [0.4, 0.5) is 5.95 Å². The van der Waals surface area contributed by atoms with Crippen molar-refractivity contribution in [3.05, 3.63) is 88.3 Å². The lowest BCUT2D eigenvalue weighted by atomic mass is 9.96. The summed E-state index contributed by atoms with van der Waals surface area (Å²) in [5, 5.41) is 7.99. The fraction of sp³-hybridized carbons (Fsp3) is 0.150. The number of rotatable bonds is 4. The average Bonchev–Trinajstić information content (AvgIpc) is 3.13. The molecule has 0 bridgehead atoms. The molecule has 1 unspecified atom stereocenters. The van der Waals surface area contributed by atoms with E-state index in [1.54, 1.807) is 10.7 Å². The molecule has 27 heavy (non-hydrogen) atoms. The first-order valence-electron chi connectivity index (χ1n) is 8.47. The highest BCUT2D eigenvalue weighted by Gasteiger charge is 2.34. The van der Waals surface area contributed by atoms with E-state index in [0.29, 0.717) is 22.2 Å². The molecule has 2 heterocycles. The lowest BCUT2D eigenvalue weighted by Gasteiger charge is -2.28. The first-order valence-corrected chi connectivity index (χ1v) is 8.85. The van der Waals surface area contributed by atoms with E-state index in [4.69, 9.17) is 16.3 Å². The van der Waals surface area contributed by atoms with Gasteiger partial charge in [0.1, 0.15) is 19.0 Å². The molecular formula is C20H17ClN4O2. The minimum absolute atomic E-state index is 0.197. The highest BCUT2D eigenvalue weighted by atomic mass is 35.5. The summed E-state index contributed by atoms with van der Waals surface area (Å²) in [6, 6.07) is 16.5. The smallest absolute Gasteiger partial charge is 0.338 e. The Labute approximate surface area is 161 Å². The molecule has 136 valence electrons. The Morgan fingerprint density at radius 2 is 2.04 bits per heavy atom. The van der Waals surface area contributed by atoms with Crippen molar-refractivity contribution in [3.63, 3.8) is 0 Å². The molecule has 2 aromatic carbocycles. The van der Waals surface area contributed by atoms with Gasteiger partial charge in [-0.1, -0.05) is 54.1 Å². The molecule has 0 radical (unpaired) electrons. The summed E-state index contributed by atoms with van der Waals surface area (Å²) >= 11 is 6.18. The Morgan fingerprint density at radius 3 is 2.81 bits per heavy atom. The van der Waals surface area contributed by atoms with E-state index in [-0.39, 0.29) is 6.61 Å². The maximum atomic E-state index is 13.0. The molecule has 4 rings (SSSR count). The monoisotopic (exact) mass is 380 g/mol. The molecule has 0 aliphatic carbocycles. The van der Waals surface area contributed by atoms with Gasteiger partial charge in [0.15, 0.2) is 0 Å². The number of esters is 1. The lowest BCUT2D eigenvalue weighted by Crippen LogP contribution is -2.29. The molecule has 0 spiro atoms. The van der Waals surface area contributed by atoms with Crippen LogP contribution >= 0.6 is 11.6 Å². The zero-order valence-electron chi connectivity index (χ0n) is 14.6. The molecular weight excluding hydrogens is 364 g/mol. The van der Waals surface area contributed by atoms with Crippen molar-refractivity contribution < 1.29 is 9.53 Å². The molecule has 1 atom stereocenters. The fourth-order valence-corrected chi connectivity index (χ4v) is 3.34. The van der Waals surface area contributed by atoms with E-state index in [9.17, 15) is 4.79 Å². The van der Waals surface area contributed by atoms with Gasteiger partial charge < -0.3 is 10.1 Å². The Hall–Kier alpha value is -3.12. The van der Waals surface area contributed by atoms with Gasteiger partial charge in [0.05, 0.1) is 5.57 Å². The second-order valence-electron chi connectivity index (χ2n) is 6.21. The van der Waals surface area contributed by atoms with Crippen molar-refractivity contribution in [1.29, 1.82) is 0 Å². The molecule has 1 aliphatic rings. The van der Waals surface area contributed by atoms with Crippen LogP contribution in [0.2, 0.25) is 5.02 Å². The van der Waals surface area contributed by atoms with E-state index < -0.39 is 12.0 Å². The molecule has 3 aromatic rings. The van der Waals surface area contributed by atoms with Crippen LogP contribution in [-0.2, 0) is 16.1 Å². The highest BCUT2D eigenvalue weighted by Crippen LogP contribution is 2.36. The van der Waals surface area contributed by atoms with Gasteiger partial charge in [-0.3, -0.25) is 0 Å². The van der Waals surface area contributed by atoms with Crippen LogP contribution in [-0.4, -0.2) is 20.7 Å². The number of carbonyl (C=O) groups excluding carboxylic acids is 1. The van der Waals surface area contributed by atoms with Gasteiger partial charge in [-0.15, -0.1) is 0 Å². The van der Waals surface area contributed by atoms with Crippen LogP contribution in [0.1, 0.15) is 24.1 Å². The summed E-state index contributed by atoms with van der Waals surface area (Å²) in [5.41, 5.74) is 2.92. The van der Waals surface area contributed by atoms with E-state index >= 15 is 0 Å². The summed E-state index contributed by atoms with van der Waals surface area (Å²) in [5.74, 6) is 0.159. The molecule has 1 N–H and O–H groups in total. The average molecular weight is 381 g/mol. The molecule has 0 saturated carbocycles. The summed E-state index contributed by atoms with van der Waals surface area (Å²) in [6.07, 6.45) is 1.45. The predicted molar refractivity (Wildman–Crippen MR) is 102 cm³/mol. The van der Waals surface area contributed by atoms with E-state index in [1.807, 2.05) is 55.5 Å². The number of allylic oxidation sites excluding steroid dienone is 1. The van der Waals surface area contributed by atoms with Gasteiger partial charge >= 0.3 is 5.97 Å². The number of fused-ring (bicyclic) bond motifs is 1. The van der Waals surface area contributed by atoms with Gasteiger partial charge in [0, 0.05) is 10.7 Å². The van der Waals surface area contributed by atoms with Crippen LogP contribution in [0.5, 0.6) is 0 Å². The van der Waals surface area contributed by atoms with E-state index in [2.05, 4.69) is 15.4 Å². The standard InChI is InChI=1S/C20H17ClN4O2/c1-13-17(19(26)27-11-14-6-3-2-4-7-14)18(15-8-5-9-16(21)10-15)25-20(24-13)22-12-23-25/h2-10,12,18H,11H2,1H3,(H,22,23,24). The molecule has 1 aromatic heterocycles. The Kier molecular flexibility index (Phi) is 4.64. The van der Waals surface area contributed by atoms with Crippen LogP contribution < -0.4 is 5.32 Å². The highest BCUT2D eigenvalue weighted by molar-refractivity contribution is 6.30. The summed E-state index contributed by atoms with van der Waals surface area (Å²) < 4.78 is 7.24. The minimum atomic E-state index is -0.467. The quantitative estimate of drug-likeness (QED) is 0.694. The topological polar surface area (TPSA) is 69.0 Å². The van der Waals surface area contributed by atoms with E-state index in [0.717, 1.165) is 11.1 Å². The van der Waals surface area contributed by atoms with Gasteiger partial charge in [-0.2, -0.15) is 10.1 Å². The van der Waals surface area contributed by atoms with Crippen molar-refractivity contribution in [3.8, 4) is 0 Å². The molecule has 0 saturated heterocycles. The largest absolute Gasteiger partial charge is 0.457 e. The van der Waals surface area contributed by atoms with Crippen molar-refractivity contribution in [2.24, 2.45) is 0 Å². The third kappa shape index (κ3) is 3.44. The van der Waals surface area contributed by atoms with Crippen molar-refractivity contribution in [1.82, 2.24) is 14.8 Å². The van der Waals surface area contributed by atoms with Crippen molar-refractivity contribution in [2.75, 3.05) is 5.32 Å². The first-order chi connectivity index (χ1) is 13.1. The Morgan fingerprint density at radius 1 is 1.22 bits per heavy atom. The Bertz CT molecular complexity index is 1010. The van der Waals surface area contributed by atoms with Gasteiger partial charge in [-0.25, -0.2) is 9.48 Å². The molecule has 0 fully saturated rings. The zero-order chi connectivity index (χ0) is 18.8. The number of halogens is 1. The second-order valence-corrected chi connectivity index (χ2v) is 6.65. The van der Waals surface area contributed by atoms with Crippen molar-refractivity contribution in [2.45, 2.75) is 19.6 Å². The van der Waals surface area contributed by atoms with Gasteiger partial charge in [0.2, 0.25) is 5.95 Å². The normalized spacial score (nSPS) is 15.9. The minimum Gasteiger partial charge on any atom is -0.457 e. The summed E-state index contributed by atoms with van der Waals surface area (Å²) in [4.78, 5) is 17.2. The number of benzene rings is 2. The lowest BCUT2D eigenvalue weighted by molar-refractivity contribution is -0.140. The van der Waals surface area contributed by atoms with Gasteiger partial charge in [0.25, 0.3) is 0 Å². The van der Waals surface area contributed by atoms with Crippen LogP contribution in [0.3, 0.4) is 0 Å². The molecule has 7 heteroatoms. The molecule has 0 amide bonds. The fourth-order valence-electron chi connectivity index (χ4n) is 3.14. The number of nitrogens with zero attached hydrogens (tertiary/aromatic N) is 3. The summed E-state index contributed by atoms with van der Waals surface area (Å²) in [6.45, 7) is 2.03. The first kappa shape index (κ1) is 17.3. The Balaban J connectivity index is 1.69. The number of hydrogen-bond donors (Lipinski definition) is 1. The predicted octanol–water partition coefficient (Wildman–Crippen LogP) is 3.96. The van der Waals surface area contributed by atoms with Crippen LogP contribution in [0, 0.1) is 0 Å². The van der Waals surface area contributed by atoms with Crippen LogP contribution in [0.25, 0.3) is 0 Å². The number of ether oxygens (including phenoxy) is 1. The second kappa shape index (κ2) is 7.25. The maximum absolute atomic E-state index is 13.0. The number of nitrogens with one attached hydrogen (secondary N) is 1. The third-order valence-electron chi connectivity index (χ3n) is 4.39. The van der Waals surface area contributed by atoms with Crippen LogP contribution in [0.15, 0.2) is 72.2 Å². The number of aromatic nitrogens is 3. The zero-order valence-corrected chi connectivity index (χ0v) is 15.3. The van der Waals surface area contributed by atoms with E-state index in [1.165, 1.54) is 6.33 Å². The van der Waals surface area contributed by atoms with Gasteiger partial charge in [-0.05, 0) is 30.2 Å². The number of hydrogen-bond acceptors (Lipinski definition) is 5. The SMILES string of the molecule is CC1=C(C(=O)OCc2ccccc2)C(c2cccc(Cl)c2)n2ncnc2N1. The number of anilines is 1. The molecule has 1 aliphatic heterocycles. The molecule has 6 nitrogen and oxygen atoms in total. The maximum Gasteiger partial charge on any atom is 0.338 e.